The Kier molecular flexibility index (Phi) is 4.88. The first-order chi connectivity index (χ1) is 10.7. The van der Waals surface area contributed by atoms with Crippen molar-refractivity contribution < 1.29 is 9.53 Å². The molecule has 0 N–H and O–H groups in total. The molecule has 2 aliphatic heterocycles. The monoisotopic (exact) mass is 306 g/mol. The molecule has 0 bridgehead atoms. The lowest BCUT2D eigenvalue weighted by atomic mass is 9.75. The Bertz CT molecular complexity index is 421. The predicted octanol–water partition coefficient (Wildman–Crippen LogP) is 2.16. The quantitative estimate of drug-likeness (QED) is 0.556. The Morgan fingerprint density at radius 1 is 1.36 bits per heavy atom. The Hall–Kier alpha value is -0.870. The molecular weight excluding hydrogens is 276 g/mol. The molecule has 0 spiro atoms. The van der Waals surface area contributed by atoms with E-state index < -0.39 is 0 Å². The van der Waals surface area contributed by atoms with Gasteiger partial charge >= 0.3 is 5.97 Å². The maximum absolute atomic E-state index is 12.8. The van der Waals surface area contributed by atoms with Crippen molar-refractivity contribution in [3.05, 3.63) is 12.7 Å². The van der Waals surface area contributed by atoms with Crippen LogP contribution in [0.2, 0.25) is 0 Å². The topological polar surface area (TPSA) is 32.8 Å². The first kappa shape index (κ1) is 16.0. The normalized spacial score (nSPS) is 33.2. The van der Waals surface area contributed by atoms with Gasteiger partial charge in [-0.15, -0.1) is 6.58 Å². The summed E-state index contributed by atoms with van der Waals surface area (Å²) >= 11 is 0. The molecular formula is C18H30N2O2. The number of rotatable bonds is 6. The van der Waals surface area contributed by atoms with Gasteiger partial charge in [0.25, 0.3) is 0 Å². The van der Waals surface area contributed by atoms with E-state index in [-0.39, 0.29) is 11.4 Å². The average molecular weight is 306 g/mol. The molecule has 3 fully saturated rings. The maximum Gasteiger partial charge on any atom is 0.313 e. The number of fused-ring (bicyclic) bond motifs is 1. The van der Waals surface area contributed by atoms with Crippen molar-refractivity contribution in [3.63, 3.8) is 0 Å². The van der Waals surface area contributed by atoms with Crippen molar-refractivity contribution in [1.82, 2.24) is 9.80 Å². The van der Waals surface area contributed by atoms with Gasteiger partial charge in [-0.1, -0.05) is 6.08 Å². The van der Waals surface area contributed by atoms with Gasteiger partial charge < -0.3 is 9.64 Å². The van der Waals surface area contributed by atoms with Gasteiger partial charge in [-0.2, -0.15) is 0 Å². The summed E-state index contributed by atoms with van der Waals surface area (Å²) in [6, 6.07) is 0. The van der Waals surface area contributed by atoms with Crippen LogP contribution in [0.3, 0.4) is 0 Å². The number of carbonyl (C=O) groups excluding carboxylic acids is 1. The van der Waals surface area contributed by atoms with Crippen LogP contribution < -0.4 is 0 Å². The van der Waals surface area contributed by atoms with Crippen molar-refractivity contribution in [2.24, 2.45) is 17.3 Å². The van der Waals surface area contributed by atoms with E-state index in [1.54, 1.807) is 0 Å². The molecule has 0 amide bonds. The Labute approximate surface area is 134 Å². The first-order valence-corrected chi connectivity index (χ1v) is 8.90. The molecule has 124 valence electrons. The minimum Gasteiger partial charge on any atom is -0.466 e. The Morgan fingerprint density at radius 3 is 2.82 bits per heavy atom. The SMILES string of the molecule is C=CCN1C[C@@H]2CN(CC3CC3)CCC[C@]2(C(=O)OCC)C1. The van der Waals surface area contributed by atoms with E-state index >= 15 is 0 Å². The number of esters is 1. The molecule has 3 aliphatic rings. The van der Waals surface area contributed by atoms with Crippen LogP contribution in [0, 0.1) is 17.3 Å². The summed E-state index contributed by atoms with van der Waals surface area (Å²) in [5, 5.41) is 0. The molecule has 4 heteroatoms. The number of ether oxygens (including phenoxy) is 1. The molecule has 0 radical (unpaired) electrons. The van der Waals surface area contributed by atoms with E-state index in [4.69, 9.17) is 4.74 Å². The second-order valence-corrected chi connectivity index (χ2v) is 7.36. The van der Waals surface area contributed by atoms with Crippen LogP contribution in [0.1, 0.15) is 32.6 Å². The predicted molar refractivity (Wildman–Crippen MR) is 87.6 cm³/mol. The molecule has 1 saturated carbocycles. The van der Waals surface area contributed by atoms with E-state index in [1.807, 2.05) is 13.0 Å². The van der Waals surface area contributed by atoms with Gasteiger partial charge in [-0.3, -0.25) is 9.69 Å². The van der Waals surface area contributed by atoms with Crippen LogP contribution >= 0.6 is 0 Å². The van der Waals surface area contributed by atoms with Crippen molar-refractivity contribution >= 4 is 5.97 Å². The van der Waals surface area contributed by atoms with E-state index in [9.17, 15) is 4.79 Å². The van der Waals surface area contributed by atoms with E-state index in [0.29, 0.717) is 12.5 Å². The zero-order valence-corrected chi connectivity index (χ0v) is 13.9. The van der Waals surface area contributed by atoms with Crippen LogP contribution in [0.25, 0.3) is 0 Å². The molecule has 0 aromatic heterocycles. The van der Waals surface area contributed by atoms with Gasteiger partial charge in [0, 0.05) is 38.6 Å². The van der Waals surface area contributed by atoms with Crippen LogP contribution in [0.15, 0.2) is 12.7 Å². The number of nitrogens with zero attached hydrogens (tertiary/aromatic N) is 2. The van der Waals surface area contributed by atoms with Gasteiger partial charge in [0.2, 0.25) is 0 Å². The Balaban J connectivity index is 1.75. The van der Waals surface area contributed by atoms with Gasteiger partial charge in [0.1, 0.15) is 0 Å². The highest BCUT2D eigenvalue weighted by atomic mass is 16.5. The molecule has 1 aliphatic carbocycles. The summed E-state index contributed by atoms with van der Waals surface area (Å²) in [4.78, 5) is 17.7. The van der Waals surface area contributed by atoms with Crippen molar-refractivity contribution in [1.29, 1.82) is 0 Å². The molecule has 2 atom stereocenters. The summed E-state index contributed by atoms with van der Waals surface area (Å²) in [5.41, 5.74) is -0.280. The first-order valence-electron chi connectivity index (χ1n) is 8.90. The summed E-state index contributed by atoms with van der Waals surface area (Å²) in [5.74, 6) is 1.37. The lowest BCUT2D eigenvalue weighted by Gasteiger charge is -2.31. The summed E-state index contributed by atoms with van der Waals surface area (Å²) < 4.78 is 5.49. The largest absolute Gasteiger partial charge is 0.466 e. The van der Waals surface area contributed by atoms with Gasteiger partial charge in [0.05, 0.1) is 12.0 Å². The number of hydrogen-bond donors (Lipinski definition) is 0. The molecule has 0 aromatic carbocycles. The number of likely N-dealkylation sites (tertiary alicyclic amines) is 2. The van der Waals surface area contributed by atoms with Crippen molar-refractivity contribution in [2.75, 3.05) is 45.9 Å². The molecule has 2 heterocycles. The third-order valence-corrected chi connectivity index (χ3v) is 5.62. The zero-order chi connectivity index (χ0) is 15.6. The minimum atomic E-state index is -0.280. The standard InChI is InChI=1S/C18H30N2O2/c1-3-9-20-13-16-12-19(11-15-6-7-15)10-5-8-18(16,14-20)17(21)22-4-2/h3,15-16H,1,4-14H2,2H3/t16-,18-/m0/s1. The van der Waals surface area contributed by atoms with Crippen molar-refractivity contribution in [2.45, 2.75) is 32.6 Å². The molecule has 22 heavy (non-hydrogen) atoms. The van der Waals surface area contributed by atoms with Gasteiger partial charge in [-0.25, -0.2) is 0 Å². The van der Waals surface area contributed by atoms with Crippen LogP contribution in [0.4, 0.5) is 0 Å². The fourth-order valence-electron chi connectivity index (χ4n) is 4.38. The fourth-order valence-corrected chi connectivity index (χ4v) is 4.38. The number of hydrogen-bond acceptors (Lipinski definition) is 4. The molecule has 3 rings (SSSR count). The van der Waals surface area contributed by atoms with E-state index in [0.717, 1.165) is 51.5 Å². The highest BCUT2D eigenvalue weighted by molar-refractivity contribution is 5.78. The highest BCUT2D eigenvalue weighted by Gasteiger charge is 2.53. The summed E-state index contributed by atoms with van der Waals surface area (Å²) in [7, 11) is 0. The molecule has 4 nitrogen and oxygen atoms in total. The highest BCUT2D eigenvalue weighted by Crippen LogP contribution is 2.44. The maximum atomic E-state index is 12.8. The van der Waals surface area contributed by atoms with Crippen molar-refractivity contribution in [3.8, 4) is 0 Å². The fraction of sp³-hybridized carbons (Fsp3) is 0.833. The lowest BCUT2D eigenvalue weighted by molar-refractivity contribution is -0.157. The summed E-state index contributed by atoms with van der Waals surface area (Å²) in [6.45, 7) is 12.4. The second-order valence-electron chi connectivity index (χ2n) is 7.36. The second kappa shape index (κ2) is 6.71. The van der Waals surface area contributed by atoms with Crippen LogP contribution in [0.5, 0.6) is 0 Å². The van der Waals surface area contributed by atoms with Gasteiger partial charge in [-0.05, 0) is 45.1 Å². The smallest absolute Gasteiger partial charge is 0.313 e. The molecule has 0 aromatic rings. The lowest BCUT2D eigenvalue weighted by Crippen LogP contribution is -2.42. The molecule has 2 saturated heterocycles. The Morgan fingerprint density at radius 2 is 2.14 bits per heavy atom. The van der Waals surface area contributed by atoms with Crippen LogP contribution in [-0.2, 0) is 9.53 Å². The average Bonchev–Trinajstić information content (AvgIpc) is 3.25. The van der Waals surface area contributed by atoms with Gasteiger partial charge in [0.15, 0.2) is 0 Å². The van der Waals surface area contributed by atoms with E-state index in [1.165, 1.54) is 19.4 Å². The minimum absolute atomic E-state index is 0.0415. The summed E-state index contributed by atoms with van der Waals surface area (Å²) in [6.07, 6.45) is 6.83. The number of carbonyl (C=O) groups is 1. The molecule has 0 unspecified atom stereocenters. The van der Waals surface area contributed by atoms with Crippen LogP contribution in [-0.4, -0.2) is 61.6 Å². The third kappa shape index (κ3) is 3.23. The third-order valence-electron chi connectivity index (χ3n) is 5.62. The van der Waals surface area contributed by atoms with E-state index in [2.05, 4.69) is 16.4 Å². The zero-order valence-electron chi connectivity index (χ0n) is 13.9.